The standard InChI is InChI=1S/C18H28N4O4S/c19-27(25,26)22-13-11-20(12-14-22)15-18(24)8-4-9-21(17(18)23)10-7-16-5-2-1-3-6-16/h1-3,5-6,24H,4,7-15H2,(H2,19,25,26)/t18-/m0/s1. The quantitative estimate of drug-likeness (QED) is 0.668. The molecule has 0 aliphatic carbocycles. The first kappa shape index (κ1) is 20.2. The van der Waals surface area contributed by atoms with E-state index in [0.717, 1.165) is 12.8 Å². The highest BCUT2D eigenvalue weighted by atomic mass is 32.2. The Morgan fingerprint density at radius 3 is 2.37 bits per heavy atom. The fraction of sp³-hybridized carbons (Fsp3) is 0.611. The summed E-state index contributed by atoms with van der Waals surface area (Å²) in [4.78, 5) is 16.6. The largest absolute Gasteiger partial charge is 0.379 e. The van der Waals surface area contributed by atoms with Crippen molar-refractivity contribution in [2.45, 2.75) is 24.9 Å². The van der Waals surface area contributed by atoms with Crippen molar-refractivity contribution in [2.24, 2.45) is 5.14 Å². The number of rotatable bonds is 6. The molecule has 8 nitrogen and oxygen atoms in total. The van der Waals surface area contributed by atoms with Crippen LogP contribution in [-0.4, -0.2) is 85.0 Å². The Morgan fingerprint density at radius 2 is 1.74 bits per heavy atom. The van der Waals surface area contributed by atoms with Crippen molar-refractivity contribution in [3.63, 3.8) is 0 Å². The van der Waals surface area contributed by atoms with Crippen molar-refractivity contribution in [1.82, 2.24) is 14.1 Å². The molecule has 1 amide bonds. The number of amides is 1. The minimum Gasteiger partial charge on any atom is -0.379 e. The van der Waals surface area contributed by atoms with E-state index in [2.05, 4.69) is 0 Å². The summed E-state index contributed by atoms with van der Waals surface area (Å²) >= 11 is 0. The third kappa shape index (κ3) is 5.05. The van der Waals surface area contributed by atoms with Crippen LogP contribution < -0.4 is 5.14 Å². The van der Waals surface area contributed by atoms with Crippen LogP contribution in [0.3, 0.4) is 0 Å². The van der Waals surface area contributed by atoms with Gasteiger partial charge in [0.15, 0.2) is 5.60 Å². The summed E-state index contributed by atoms with van der Waals surface area (Å²) < 4.78 is 24.0. The smallest absolute Gasteiger partial charge is 0.276 e. The lowest BCUT2D eigenvalue weighted by molar-refractivity contribution is -0.159. The van der Waals surface area contributed by atoms with Gasteiger partial charge < -0.3 is 10.0 Å². The van der Waals surface area contributed by atoms with Crippen LogP contribution in [0, 0.1) is 0 Å². The highest BCUT2D eigenvalue weighted by Gasteiger charge is 2.43. The summed E-state index contributed by atoms with van der Waals surface area (Å²) in [6, 6.07) is 9.98. The van der Waals surface area contributed by atoms with Gasteiger partial charge >= 0.3 is 0 Å². The van der Waals surface area contributed by atoms with E-state index in [9.17, 15) is 18.3 Å². The molecule has 2 aliphatic rings. The number of carbonyl (C=O) groups is 1. The van der Waals surface area contributed by atoms with Crippen LogP contribution in [-0.2, 0) is 21.4 Å². The van der Waals surface area contributed by atoms with Gasteiger partial charge in [0, 0.05) is 45.8 Å². The van der Waals surface area contributed by atoms with E-state index >= 15 is 0 Å². The van der Waals surface area contributed by atoms with E-state index in [4.69, 9.17) is 5.14 Å². The second-order valence-corrected chi connectivity index (χ2v) is 8.93. The molecule has 2 aliphatic heterocycles. The lowest BCUT2D eigenvalue weighted by Gasteiger charge is -2.42. The number of hydrogen-bond acceptors (Lipinski definition) is 5. The lowest BCUT2D eigenvalue weighted by atomic mass is 9.90. The van der Waals surface area contributed by atoms with Gasteiger partial charge in [0.05, 0.1) is 0 Å². The van der Waals surface area contributed by atoms with Crippen molar-refractivity contribution >= 4 is 16.1 Å². The van der Waals surface area contributed by atoms with Crippen molar-refractivity contribution in [2.75, 3.05) is 45.8 Å². The van der Waals surface area contributed by atoms with Crippen molar-refractivity contribution in [3.8, 4) is 0 Å². The maximum atomic E-state index is 12.9. The first-order valence-corrected chi connectivity index (χ1v) is 10.8. The summed E-state index contributed by atoms with van der Waals surface area (Å²) in [5.74, 6) is -0.224. The summed E-state index contributed by atoms with van der Waals surface area (Å²) in [5, 5.41) is 16.2. The van der Waals surface area contributed by atoms with Gasteiger partial charge in [-0.25, -0.2) is 5.14 Å². The zero-order valence-electron chi connectivity index (χ0n) is 15.5. The predicted octanol–water partition coefficient (Wildman–Crippen LogP) is -0.596. The summed E-state index contributed by atoms with van der Waals surface area (Å²) in [6.07, 6.45) is 1.95. The second-order valence-electron chi connectivity index (χ2n) is 7.38. The number of likely N-dealkylation sites (tertiary alicyclic amines) is 1. The molecule has 2 heterocycles. The zero-order chi connectivity index (χ0) is 19.5. The highest BCUT2D eigenvalue weighted by molar-refractivity contribution is 7.86. The van der Waals surface area contributed by atoms with Crippen LogP contribution in [0.2, 0.25) is 0 Å². The molecular weight excluding hydrogens is 368 g/mol. The maximum Gasteiger partial charge on any atom is 0.276 e. The first-order valence-electron chi connectivity index (χ1n) is 9.34. The number of nitrogens with two attached hydrogens (primary N) is 1. The molecule has 2 saturated heterocycles. The Balaban J connectivity index is 1.56. The summed E-state index contributed by atoms with van der Waals surface area (Å²) in [6.45, 7) is 2.94. The minimum atomic E-state index is -3.68. The highest BCUT2D eigenvalue weighted by Crippen LogP contribution is 2.25. The van der Waals surface area contributed by atoms with Gasteiger partial charge in [-0.05, 0) is 24.8 Å². The fourth-order valence-electron chi connectivity index (χ4n) is 3.85. The Hall–Kier alpha value is -1.52. The maximum absolute atomic E-state index is 12.9. The number of β-amino-alcohol motifs (C(OH)–C–C–N with tert-alkyl or cyclic N) is 1. The Kier molecular flexibility index (Phi) is 6.17. The summed E-state index contributed by atoms with van der Waals surface area (Å²) in [5.41, 5.74) is -0.239. The van der Waals surface area contributed by atoms with Crippen LogP contribution in [0.4, 0.5) is 0 Å². The van der Waals surface area contributed by atoms with Crippen molar-refractivity contribution in [1.29, 1.82) is 0 Å². The van der Waals surface area contributed by atoms with Gasteiger partial charge in [0.25, 0.3) is 16.1 Å². The SMILES string of the molecule is NS(=O)(=O)N1CCN(C[C@@]2(O)CCCN(CCc3ccccc3)C2=O)CC1. The molecule has 1 atom stereocenters. The number of piperazine rings is 1. The van der Waals surface area contributed by atoms with Crippen molar-refractivity contribution in [3.05, 3.63) is 35.9 Å². The normalized spacial score (nSPS) is 25.7. The number of carbonyl (C=O) groups excluding carboxylic acids is 1. The van der Waals surface area contributed by atoms with E-state index in [1.54, 1.807) is 4.90 Å². The van der Waals surface area contributed by atoms with E-state index in [-0.39, 0.29) is 25.5 Å². The van der Waals surface area contributed by atoms with Crippen LogP contribution in [0.25, 0.3) is 0 Å². The molecular formula is C18H28N4O4S. The third-order valence-electron chi connectivity index (χ3n) is 5.39. The van der Waals surface area contributed by atoms with E-state index in [0.29, 0.717) is 32.6 Å². The number of aliphatic hydroxyl groups is 1. The lowest BCUT2D eigenvalue weighted by Crippen LogP contribution is -2.61. The Morgan fingerprint density at radius 1 is 1.07 bits per heavy atom. The molecule has 9 heteroatoms. The van der Waals surface area contributed by atoms with E-state index in [1.165, 1.54) is 9.87 Å². The molecule has 27 heavy (non-hydrogen) atoms. The monoisotopic (exact) mass is 396 g/mol. The Labute approximate surface area is 160 Å². The fourth-order valence-corrected chi connectivity index (χ4v) is 4.52. The molecule has 0 bridgehead atoms. The topological polar surface area (TPSA) is 107 Å². The molecule has 0 saturated carbocycles. The van der Waals surface area contributed by atoms with E-state index < -0.39 is 15.8 Å². The van der Waals surface area contributed by atoms with Gasteiger partial charge in [-0.1, -0.05) is 30.3 Å². The molecule has 3 N–H and O–H groups in total. The number of hydrogen-bond donors (Lipinski definition) is 2. The first-order chi connectivity index (χ1) is 12.8. The molecule has 3 rings (SSSR count). The predicted molar refractivity (Wildman–Crippen MR) is 102 cm³/mol. The molecule has 1 aromatic rings. The summed E-state index contributed by atoms with van der Waals surface area (Å²) in [7, 11) is -3.68. The average Bonchev–Trinajstić information content (AvgIpc) is 2.64. The van der Waals surface area contributed by atoms with Gasteiger partial charge in [0.2, 0.25) is 0 Å². The average molecular weight is 397 g/mol. The Bertz CT molecular complexity index is 750. The molecule has 2 fully saturated rings. The van der Waals surface area contributed by atoms with Crippen LogP contribution in [0.1, 0.15) is 18.4 Å². The second kappa shape index (κ2) is 8.24. The number of benzene rings is 1. The minimum absolute atomic E-state index is 0.224. The van der Waals surface area contributed by atoms with Crippen LogP contribution in [0.15, 0.2) is 30.3 Å². The molecule has 0 aromatic heterocycles. The molecule has 0 radical (unpaired) electrons. The zero-order valence-corrected chi connectivity index (χ0v) is 16.3. The number of piperidine rings is 1. The van der Waals surface area contributed by atoms with Crippen LogP contribution in [0.5, 0.6) is 0 Å². The molecule has 150 valence electrons. The van der Waals surface area contributed by atoms with Crippen LogP contribution >= 0.6 is 0 Å². The van der Waals surface area contributed by atoms with Gasteiger partial charge in [-0.3, -0.25) is 9.69 Å². The third-order valence-corrected chi connectivity index (χ3v) is 6.48. The molecule has 0 spiro atoms. The van der Waals surface area contributed by atoms with Crippen molar-refractivity contribution < 1.29 is 18.3 Å². The van der Waals surface area contributed by atoms with Gasteiger partial charge in [-0.15, -0.1) is 0 Å². The van der Waals surface area contributed by atoms with Gasteiger partial charge in [-0.2, -0.15) is 12.7 Å². The molecule has 1 aromatic carbocycles. The number of nitrogens with zero attached hydrogens (tertiary/aromatic N) is 3. The van der Waals surface area contributed by atoms with Gasteiger partial charge in [0.1, 0.15) is 0 Å². The molecule has 0 unspecified atom stereocenters. The van der Waals surface area contributed by atoms with E-state index in [1.807, 2.05) is 35.2 Å².